The number of methoxy groups -OCH3 is 1. The van der Waals surface area contributed by atoms with Crippen LogP contribution in [0.25, 0.3) is 10.9 Å². The molecule has 0 bridgehead atoms. The minimum Gasteiger partial charge on any atom is -0.733 e. The largest absolute Gasteiger partial charge is 0.733 e. The number of fused-ring (bicyclic) bond motifs is 3. The number of benzene rings is 4. The molecule has 0 saturated heterocycles. The number of anilines is 1. The lowest BCUT2D eigenvalue weighted by atomic mass is 9.93. The Balaban J connectivity index is 1.24. The van der Waals surface area contributed by atoms with Gasteiger partial charge in [0.1, 0.15) is 30.5 Å². The van der Waals surface area contributed by atoms with Gasteiger partial charge in [0.2, 0.25) is 0 Å². The molecular weight excluding hydrogens is 518 g/mol. The molecule has 0 radical (unpaired) electrons. The van der Waals surface area contributed by atoms with Crippen LogP contribution in [0.15, 0.2) is 84.9 Å². The standard InChI is InChI=1S/C33H32N3O5/c1-21-16-25(10-12-30(21)36(37)38)41-20-24-17-23(8-13-31(24)39-2)32-33-27(14-15-34-32)28-18-26(9-11-29(28)35-33)40-19-22-6-4-3-5-7-22/h3-13,16-18,32,34-35,37H,14-15,19-20H2,1-2H3/q-1. The second kappa shape index (κ2) is 11.5. The molecule has 1 aromatic heterocycles. The lowest BCUT2D eigenvalue weighted by Gasteiger charge is -2.26. The van der Waals surface area contributed by atoms with Gasteiger partial charge in [0, 0.05) is 28.7 Å². The smallest absolute Gasteiger partial charge is 0.125 e. The highest BCUT2D eigenvalue weighted by atomic mass is 16.8. The molecule has 0 fully saturated rings. The molecule has 3 N–H and O–H groups in total. The summed E-state index contributed by atoms with van der Waals surface area (Å²) >= 11 is 0. The van der Waals surface area contributed by atoms with E-state index in [0.717, 1.165) is 52.4 Å². The Labute approximate surface area is 238 Å². The third-order valence-corrected chi connectivity index (χ3v) is 7.58. The maximum absolute atomic E-state index is 11.3. The minimum absolute atomic E-state index is 0.0152. The van der Waals surface area contributed by atoms with Crippen molar-refractivity contribution in [1.29, 1.82) is 0 Å². The molecule has 6 rings (SSSR count). The molecule has 4 aromatic carbocycles. The van der Waals surface area contributed by atoms with E-state index in [4.69, 9.17) is 14.2 Å². The maximum Gasteiger partial charge on any atom is 0.125 e. The van der Waals surface area contributed by atoms with Gasteiger partial charge in [0.05, 0.1) is 18.8 Å². The van der Waals surface area contributed by atoms with Gasteiger partial charge in [-0.1, -0.05) is 36.4 Å². The summed E-state index contributed by atoms with van der Waals surface area (Å²) in [4.78, 5) is 3.66. The molecule has 0 amide bonds. The Morgan fingerprint density at radius 3 is 2.49 bits per heavy atom. The van der Waals surface area contributed by atoms with E-state index in [0.29, 0.717) is 17.9 Å². The number of aryl methyl sites for hydroxylation is 1. The van der Waals surface area contributed by atoms with Gasteiger partial charge in [0.15, 0.2) is 0 Å². The Morgan fingerprint density at radius 1 is 0.927 bits per heavy atom. The van der Waals surface area contributed by atoms with Gasteiger partial charge < -0.3 is 34.9 Å². The van der Waals surface area contributed by atoms with E-state index in [1.807, 2.05) is 30.3 Å². The lowest BCUT2D eigenvalue weighted by molar-refractivity contribution is 0.292. The van der Waals surface area contributed by atoms with Gasteiger partial charge in [0.25, 0.3) is 0 Å². The highest BCUT2D eigenvalue weighted by Crippen LogP contribution is 2.36. The summed E-state index contributed by atoms with van der Waals surface area (Å²) in [5.74, 6) is 2.18. The second-order valence-electron chi connectivity index (χ2n) is 10.2. The molecule has 1 aliphatic rings. The van der Waals surface area contributed by atoms with E-state index < -0.39 is 0 Å². The molecule has 8 nitrogen and oxygen atoms in total. The van der Waals surface area contributed by atoms with Crippen LogP contribution in [0.2, 0.25) is 0 Å². The van der Waals surface area contributed by atoms with Crippen LogP contribution in [0.1, 0.15) is 39.6 Å². The van der Waals surface area contributed by atoms with Crippen LogP contribution < -0.4 is 24.8 Å². The number of H-pyrrole nitrogens is 1. The third kappa shape index (κ3) is 5.58. The summed E-state index contributed by atoms with van der Waals surface area (Å²) in [7, 11) is 1.65. The normalized spacial score (nSPS) is 14.5. The molecule has 0 spiro atoms. The highest BCUT2D eigenvalue weighted by Gasteiger charge is 2.26. The third-order valence-electron chi connectivity index (χ3n) is 7.58. The zero-order valence-corrected chi connectivity index (χ0v) is 23.0. The van der Waals surface area contributed by atoms with Crippen molar-refractivity contribution in [2.24, 2.45) is 0 Å². The fourth-order valence-corrected chi connectivity index (χ4v) is 5.51. The monoisotopic (exact) mass is 550 g/mol. The highest BCUT2D eigenvalue weighted by molar-refractivity contribution is 5.86. The predicted octanol–water partition coefficient (Wildman–Crippen LogP) is 6.57. The Morgan fingerprint density at radius 2 is 1.71 bits per heavy atom. The summed E-state index contributed by atoms with van der Waals surface area (Å²) in [5, 5.41) is 25.2. The first kappa shape index (κ1) is 26.7. The first-order valence-electron chi connectivity index (χ1n) is 13.6. The quantitative estimate of drug-likeness (QED) is 0.178. The Hall–Kier alpha value is -4.50. The second-order valence-corrected chi connectivity index (χ2v) is 10.2. The first-order valence-corrected chi connectivity index (χ1v) is 13.6. The number of rotatable bonds is 9. The van der Waals surface area contributed by atoms with Crippen molar-refractivity contribution in [3.05, 3.63) is 124 Å². The molecule has 2 heterocycles. The molecule has 1 aliphatic heterocycles. The van der Waals surface area contributed by atoms with Crippen LogP contribution in [0.4, 0.5) is 5.69 Å². The molecule has 0 aliphatic carbocycles. The molecule has 210 valence electrons. The van der Waals surface area contributed by atoms with Crippen molar-refractivity contribution in [3.8, 4) is 17.2 Å². The SMILES string of the molecule is COc1ccc(C2NCCc3c2[nH]c2ccc(OCc4ccccc4)cc32)cc1COc1ccc(N([O-])O)c(C)c1. The van der Waals surface area contributed by atoms with Crippen molar-refractivity contribution < 1.29 is 19.4 Å². The van der Waals surface area contributed by atoms with E-state index in [2.05, 4.69) is 46.7 Å². The Bertz CT molecular complexity index is 1670. The van der Waals surface area contributed by atoms with Crippen LogP contribution in [0, 0.1) is 12.1 Å². The number of nitrogens with zero attached hydrogens (tertiary/aromatic N) is 1. The Kier molecular flexibility index (Phi) is 7.52. The fourth-order valence-electron chi connectivity index (χ4n) is 5.51. The number of hydrogen-bond donors (Lipinski definition) is 3. The number of ether oxygens (including phenoxy) is 3. The molecular formula is C33H32N3O5-. The summed E-state index contributed by atoms with van der Waals surface area (Å²) in [6, 6.07) is 27.5. The first-order chi connectivity index (χ1) is 20.0. The van der Waals surface area contributed by atoms with Gasteiger partial charge in [-0.25, -0.2) is 0 Å². The van der Waals surface area contributed by atoms with Crippen molar-refractivity contribution in [2.45, 2.75) is 32.6 Å². The molecule has 8 heteroatoms. The van der Waals surface area contributed by atoms with Crippen LogP contribution in [-0.4, -0.2) is 23.8 Å². The number of nitrogens with one attached hydrogen (secondary N) is 2. The molecule has 1 atom stereocenters. The minimum atomic E-state index is -0.139. The number of aromatic nitrogens is 1. The van der Waals surface area contributed by atoms with Gasteiger partial charge in [-0.2, -0.15) is 0 Å². The molecule has 41 heavy (non-hydrogen) atoms. The van der Waals surface area contributed by atoms with E-state index in [-0.39, 0.29) is 23.6 Å². The summed E-state index contributed by atoms with van der Waals surface area (Å²) in [6.07, 6.45) is 0.921. The van der Waals surface area contributed by atoms with Crippen LogP contribution in [0.5, 0.6) is 17.2 Å². The summed E-state index contributed by atoms with van der Waals surface area (Å²) < 4.78 is 17.8. The number of aromatic amines is 1. The average molecular weight is 551 g/mol. The average Bonchev–Trinajstić information content (AvgIpc) is 3.37. The molecule has 1 unspecified atom stereocenters. The van der Waals surface area contributed by atoms with Crippen LogP contribution in [-0.2, 0) is 19.6 Å². The van der Waals surface area contributed by atoms with Gasteiger partial charge in [-0.05, 0) is 84.1 Å². The maximum atomic E-state index is 11.3. The molecule has 5 aromatic rings. The van der Waals surface area contributed by atoms with Crippen LogP contribution in [0.3, 0.4) is 0 Å². The zero-order valence-electron chi connectivity index (χ0n) is 23.0. The van der Waals surface area contributed by atoms with Crippen molar-refractivity contribution in [1.82, 2.24) is 10.3 Å². The van der Waals surface area contributed by atoms with Gasteiger partial charge >= 0.3 is 0 Å². The van der Waals surface area contributed by atoms with E-state index in [1.165, 1.54) is 17.0 Å². The van der Waals surface area contributed by atoms with Gasteiger partial charge in [-0.3, -0.25) is 5.21 Å². The van der Waals surface area contributed by atoms with Crippen molar-refractivity contribution >= 4 is 16.6 Å². The lowest BCUT2D eigenvalue weighted by Crippen LogP contribution is -2.30. The molecule has 0 saturated carbocycles. The van der Waals surface area contributed by atoms with E-state index in [1.54, 1.807) is 26.2 Å². The van der Waals surface area contributed by atoms with Crippen molar-refractivity contribution in [2.75, 3.05) is 18.9 Å². The van der Waals surface area contributed by atoms with E-state index >= 15 is 0 Å². The van der Waals surface area contributed by atoms with Crippen LogP contribution >= 0.6 is 0 Å². The zero-order chi connectivity index (χ0) is 28.3. The topological polar surface area (TPSA) is 102 Å². The summed E-state index contributed by atoms with van der Waals surface area (Å²) in [6.45, 7) is 3.41. The fraction of sp³-hybridized carbons (Fsp3) is 0.212. The summed E-state index contributed by atoms with van der Waals surface area (Å²) in [5.41, 5.74) is 7.49. The van der Waals surface area contributed by atoms with E-state index in [9.17, 15) is 10.4 Å². The predicted molar refractivity (Wildman–Crippen MR) is 159 cm³/mol. The van der Waals surface area contributed by atoms with Crippen molar-refractivity contribution in [3.63, 3.8) is 0 Å². The number of hydrogen-bond acceptors (Lipinski definition) is 7. The van der Waals surface area contributed by atoms with Gasteiger partial charge in [-0.15, -0.1) is 0 Å².